The fourth-order valence-electron chi connectivity index (χ4n) is 2.53. The van der Waals surface area contributed by atoms with Gasteiger partial charge in [-0.15, -0.1) is 24.0 Å². The largest absolute Gasteiger partial charge is 0.369 e. The first-order valence-corrected chi connectivity index (χ1v) is 5.15. The summed E-state index contributed by atoms with van der Waals surface area (Å²) < 4.78 is 5.84. The molecule has 2 saturated heterocycles. The van der Waals surface area contributed by atoms with Crippen LogP contribution in [0.15, 0.2) is 0 Å². The first-order chi connectivity index (χ1) is 5.63. The van der Waals surface area contributed by atoms with E-state index in [0.717, 1.165) is 19.0 Å². The second-order valence-corrected chi connectivity index (χ2v) is 4.66. The van der Waals surface area contributed by atoms with Gasteiger partial charge in [-0.05, 0) is 20.3 Å². The quantitative estimate of drug-likeness (QED) is 0.667. The van der Waals surface area contributed by atoms with Gasteiger partial charge in [-0.2, -0.15) is 0 Å². The number of likely N-dealkylation sites (tertiary alicyclic amines) is 1. The van der Waals surface area contributed by atoms with Crippen LogP contribution in [0.5, 0.6) is 0 Å². The summed E-state index contributed by atoms with van der Waals surface area (Å²) in [6.45, 7) is 6.45. The highest BCUT2D eigenvalue weighted by molar-refractivity contribution is 6.18. The average molecular weight is 226 g/mol. The molecule has 0 amide bonds. The lowest BCUT2D eigenvalue weighted by Crippen LogP contribution is -2.49. The zero-order chi connectivity index (χ0) is 8.77. The number of alkyl halides is 1. The molecule has 0 spiro atoms. The standard InChI is InChI=1S/C9H16ClNO.ClH/c1-9(2)8-5-7(12-9)6-11(8)4-3-10;/h7-8H,3-6H2,1-2H3;1H/t7-,8+;/m1./s1. The van der Waals surface area contributed by atoms with Crippen LogP contribution in [0.25, 0.3) is 0 Å². The van der Waals surface area contributed by atoms with Crippen LogP contribution in [0, 0.1) is 0 Å². The molecule has 2 bridgehead atoms. The summed E-state index contributed by atoms with van der Waals surface area (Å²) in [6.07, 6.45) is 1.66. The molecule has 13 heavy (non-hydrogen) atoms. The van der Waals surface area contributed by atoms with E-state index < -0.39 is 0 Å². The van der Waals surface area contributed by atoms with Crippen molar-refractivity contribution in [2.75, 3.05) is 19.0 Å². The van der Waals surface area contributed by atoms with Crippen LogP contribution in [-0.4, -0.2) is 41.6 Å². The van der Waals surface area contributed by atoms with Gasteiger partial charge in [0.25, 0.3) is 0 Å². The summed E-state index contributed by atoms with van der Waals surface area (Å²) in [5.41, 5.74) is 0.0506. The molecule has 2 rings (SSSR count). The molecular weight excluding hydrogens is 209 g/mol. The highest BCUT2D eigenvalue weighted by atomic mass is 35.5. The lowest BCUT2D eigenvalue weighted by Gasteiger charge is -2.38. The van der Waals surface area contributed by atoms with Crippen molar-refractivity contribution in [2.24, 2.45) is 0 Å². The lowest BCUT2D eigenvalue weighted by molar-refractivity contribution is -0.0886. The monoisotopic (exact) mass is 225 g/mol. The van der Waals surface area contributed by atoms with E-state index in [1.165, 1.54) is 6.42 Å². The van der Waals surface area contributed by atoms with Crippen molar-refractivity contribution in [3.63, 3.8) is 0 Å². The molecular formula is C9H17Cl2NO. The number of morpholine rings is 1. The molecule has 0 aromatic carbocycles. The highest BCUT2D eigenvalue weighted by Gasteiger charge is 2.50. The van der Waals surface area contributed by atoms with Crippen molar-refractivity contribution in [1.29, 1.82) is 0 Å². The summed E-state index contributed by atoms with van der Waals surface area (Å²) in [7, 11) is 0. The van der Waals surface area contributed by atoms with Gasteiger partial charge in [0.1, 0.15) is 0 Å². The maximum atomic E-state index is 5.84. The van der Waals surface area contributed by atoms with Crippen LogP contribution in [0.4, 0.5) is 0 Å². The highest BCUT2D eigenvalue weighted by Crippen LogP contribution is 2.39. The number of fused-ring (bicyclic) bond motifs is 2. The van der Waals surface area contributed by atoms with Crippen LogP contribution in [0.1, 0.15) is 20.3 Å². The van der Waals surface area contributed by atoms with E-state index in [4.69, 9.17) is 16.3 Å². The summed E-state index contributed by atoms with van der Waals surface area (Å²) in [4.78, 5) is 2.46. The van der Waals surface area contributed by atoms with E-state index in [-0.39, 0.29) is 18.0 Å². The third-order valence-electron chi connectivity index (χ3n) is 3.01. The third kappa shape index (κ3) is 1.96. The van der Waals surface area contributed by atoms with Gasteiger partial charge in [0.05, 0.1) is 11.7 Å². The van der Waals surface area contributed by atoms with Crippen LogP contribution in [-0.2, 0) is 4.74 Å². The Balaban J connectivity index is 0.000000845. The maximum Gasteiger partial charge on any atom is 0.0786 e. The lowest BCUT2D eigenvalue weighted by atomic mass is 9.99. The molecule has 0 unspecified atom stereocenters. The number of ether oxygens (including phenoxy) is 1. The van der Waals surface area contributed by atoms with Crippen LogP contribution >= 0.6 is 24.0 Å². The van der Waals surface area contributed by atoms with Gasteiger partial charge in [0, 0.05) is 25.0 Å². The molecule has 2 aliphatic heterocycles. The summed E-state index contributed by atoms with van der Waals surface area (Å²) in [5, 5.41) is 0. The first-order valence-electron chi connectivity index (χ1n) is 4.61. The van der Waals surface area contributed by atoms with Crippen molar-refractivity contribution in [2.45, 2.75) is 38.0 Å². The predicted octanol–water partition coefficient (Wildman–Crippen LogP) is 1.90. The van der Waals surface area contributed by atoms with Crippen LogP contribution < -0.4 is 0 Å². The predicted molar refractivity (Wildman–Crippen MR) is 56.9 cm³/mol. The van der Waals surface area contributed by atoms with Gasteiger partial charge in [-0.25, -0.2) is 0 Å². The van der Waals surface area contributed by atoms with E-state index in [2.05, 4.69) is 18.7 Å². The fraction of sp³-hybridized carbons (Fsp3) is 1.00. The second kappa shape index (κ2) is 3.93. The van der Waals surface area contributed by atoms with Crippen LogP contribution in [0.3, 0.4) is 0 Å². The van der Waals surface area contributed by atoms with Crippen molar-refractivity contribution in [3.05, 3.63) is 0 Å². The molecule has 78 valence electrons. The number of rotatable bonds is 2. The Bertz CT molecular complexity index is 186. The molecule has 2 atom stereocenters. The molecule has 0 aromatic heterocycles. The third-order valence-corrected chi connectivity index (χ3v) is 3.18. The minimum Gasteiger partial charge on any atom is -0.369 e. The molecule has 0 aromatic rings. The maximum absolute atomic E-state index is 5.84. The minimum atomic E-state index is 0. The summed E-state index contributed by atoms with van der Waals surface area (Å²) in [6, 6.07) is 0.598. The molecule has 4 heteroatoms. The number of hydrogen-bond donors (Lipinski definition) is 0. The van der Waals surface area contributed by atoms with E-state index in [1.54, 1.807) is 0 Å². The zero-order valence-electron chi connectivity index (χ0n) is 8.12. The second-order valence-electron chi connectivity index (χ2n) is 4.28. The van der Waals surface area contributed by atoms with Crippen molar-refractivity contribution < 1.29 is 4.74 Å². The Morgan fingerprint density at radius 1 is 1.54 bits per heavy atom. The Kier molecular flexibility index (Phi) is 3.50. The van der Waals surface area contributed by atoms with E-state index in [9.17, 15) is 0 Å². The topological polar surface area (TPSA) is 12.5 Å². The van der Waals surface area contributed by atoms with Crippen molar-refractivity contribution in [3.8, 4) is 0 Å². The van der Waals surface area contributed by atoms with E-state index in [0.29, 0.717) is 12.1 Å². The van der Waals surface area contributed by atoms with Gasteiger partial charge >= 0.3 is 0 Å². The summed E-state index contributed by atoms with van der Waals surface area (Å²) in [5.74, 6) is 0.735. The van der Waals surface area contributed by atoms with E-state index in [1.807, 2.05) is 0 Å². The number of nitrogens with zero attached hydrogens (tertiary/aromatic N) is 1. The van der Waals surface area contributed by atoms with Gasteiger partial charge in [0.2, 0.25) is 0 Å². The molecule has 0 saturated carbocycles. The molecule has 0 aliphatic carbocycles. The number of halogens is 2. The van der Waals surface area contributed by atoms with E-state index >= 15 is 0 Å². The Labute approximate surface area is 91.0 Å². The Morgan fingerprint density at radius 2 is 2.23 bits per heavy atom. The SMILES string of the molecule is CC1(C)O[C@@H]2C[C@@H]1N(CCCl)C2.Cl. The smallest absolute Gasteiger partial charge is 0.0786 e. The van der Waals surface area contributed by atoms with Crippen molar-refractivity contribution >= 4 is 24.0 Å². The van der Waals surface area contributed by atoms with Gasteiger partial charge in [-0.1, -0.05) is 0 Å². The van der Waals surface area contributed by atoms with Gasteiger partial charge < -0.3 is 4.74 Å². The molecule has 2 aliphatic rings. The van der Waals surface area contributed by atoms with Crippen LogP contribution in [0.2, 0.25) is 0 Å². The Morgan fingerprint density at radius 3 is 2.69 bits per heavy atom. The van der Waals surface area contributed by atoms with Crippen molar-refractivity contribution in [1.82, 2.24) is 4.90 Å². The molecule has 0 radical (unpaired) electrons. The summed E-state index contributed by atoms with van der Waals surface area (Å²) >= 11 is 5.73. The fourth-order valence-corrected chi connectivity index (χ4v) is 2.75. The minimum absolute atomic E-state index is 0. The molecule has 0 N–H and O–H groups in total. The average Bonchev–Trinajstić information content (AvgIpc) is 2.42. The first kappa shape index (κ1) is 11.6. The molecule has 2 fully saturated rings. The van der Waals surface area contributed by atoms with Gasteiger partial charge in [-0.3, -0.25) is 4.90 Å². The van der Waals surface area contributed by atoms with Gasteiger partial charge in [0.15, 0.2) is 0 Å². The number of hydrogen-bond acceptors (Lipinski definition) is 2. The molecule has 2 nitrogen and oxygen atoms in total. The zero-order valence-corrected chi connectivity index (χ0v) is 9.70. The molecule has 2 heterocycles. The Hall–Kier alpha value is 0.500. The normalized spacial score (nSPS) is 36.2.